The lowest BCUT2D eigenvalue weighted by Gasteiger charge is -2.35. The Morgan fingerprint density at radius 3 is 2.47 bits per heavy atom. The summed E-state index contributed by atoms with van der Waals surface area (Å²) in [6, 6.07) is 12.9. The number of likely N-dealkylation sites (tertiary alicyclic amines) is 1. The third-order valence-corrected chi connectivity index (χ3v) is 7.78. The Bertz CT molecular complexity index is 1360. The van der Waals surface area contributed by atoms with E-state index in [2.05, 4.69) is 53.5 Å². The highest BCUT2D eigenvalue weighted by atomic mass is 16.2. The van der Waals surface area contributed by atoms with Crippen molar-refractivity contribution in [1.82, 2.24) is 25.0 Å². The van der Waals surface area contributed by atoms with E-state index in [0.29, 0.717) is 6.04 Å². The average Bonchev–Trinajstić information content (AvgIpc) is 3.37. The van der Waals surface area contributed by atoms with Gasteiger partial charge in [-0.25, -0.2) is 4.98 Å². The van der Waals surface area contributed by atoms with Crippen molar-refractivity contribution >= 4 is 27.7 Å². The van der Waals surface area contributed by atoms with Gasteiger partial charge in [0.1, 0.15) is 0 Å². The largest absolute Gasteiger partial charge is 0.339 e. The SMILES string of the molecule is CN(C)C1CCN(C(=O)c2ccc(-c3nc4ccc5[nH]ncc5c4c4c3CCCC4)cc2)CC1. The molecule has 0 spiro atoms. The fraction of sp³-hybridized carbons (Fsp3) is 0.393. The predicted molar refractivity (Wildman–Crippen MR) is 136 cm³/mol. The fourth-order valence-electron chi connectivity index (χ4n) is 5.82. The summed E-state index contributed by atoms with van der Waals surface area (Å²) >= 11 is 0. The van der Waals surface area contributed by atoms with Crippen LogP contribution in [0.25, 0.3) is 33.1 Å². The molecule has 0 radical (unpaired) electrons. The van der Waals surface area contributed by atoms with Crippen molar-refractivity contribution in [3.05, 3.63) is 59.3 Å². The van der Waals surface area contributed by atoms with Crippen molar-refractivity contribution in [1.29, 1.82) is 0 Å². The van der Waals surface area contributed by atoms with Crippen LogP contribution in [-0.2, 0) is 12.8 Å². The van der Waals surface area contributed by atoms with Crippen LogP contribution in [0.15, 0.2) is 42.6 Å². The Morgan fingerprint density at radius 2 is 1.74 bits per heavy atom. The number of H-pyrrole nitrogens is 1. The van der Waals surface area contributed by atoms with Gasteiger partial charge in [0.15, 0.2) is 0 Å². The van der Waals surface area contributed by atoms with Crippen molar-refractivity contribution in [2.75, 3.05) is 27.2 Å². The number of pyridine rings is 1. The summed E-state index contributed by atoms with van der Waals surface area (Å²) in [5.74, 6) is 0.139. The number of nitrogens with zero attached hydrogens (tertiary/aromatic N) is 4. The van der Waals surface area contributed by atoms with Crippen LogP contribution in [0, 0.1) is 0 Å². The zero-order valence-electron chi connectivity index (χ0n) is 20.0. The monoisotopic (exact) mass is 453 g/mol. The molecule has 1 saturated heterocycles. The van der Waals surface area contributed by atoms with E-state index in [1.165, 1.54) is 29.4 Å². The maximum atomic E-state index is 13.1. The van der Waals surface area contributed by atoms with E-state index in [9.17, 15) is 4.79 Å². The predicted octanol–water partition coefficient (Wildman–Crippen LogP) is 4.82. The number of aromatic nitrogens is 3. The molecule has 0 unspecified atom stereocenters. The third-order valence-electron chi connectivity index (χ3n) is 7.78. The Balaban J connectivity index is 1.33. The van der Waals surface area contributed by atoms with Gasteiger partial charge in [-0.1, -0.05) is 12.1 Å². The zero-order valence-corrected chi connectivity index (χ0v) is 20.0. The van der Waals surface area contributed by atoms with Gasteiger partial charge in [-0.2, -0.15) is 5.10 Å². The van der Waals surface area contributed by atoms with Crippen molar-refractivity contribution < 1.29 is 4.79 Å². The summed E-state index contributed by atoms with van der Waals surface area (Å²) in [5, 5.41) is 9.78. The quantitative estimate of drug-likeness (QED) is 0.483. The van der Waals surface area contributed by atoms with Gasteiger partial charge < -0.3 is 9.80 Å². The Kier molecular flexibility index (Phi) is 5.33. The highest BCUT2D eigenvalue weighted by Gasteiger charge is 2.25. The van der Waals surface area contributed by atoms with Gasteiger partial charge in [-0.15, -0.1) is 0 Å². The first-order chi connectivity index (χ1) is 16.6. The number of fused-ring (bicyclic) bond motifs is 5. The molecule has 6 nitrogen and oxygen atoms in total. The standard InChI is InChI=1S/C28H31N5O/c1-32(2)20-13-15-33(16-14-20)28(34)19-9-7-18(8-10-19)27-22-6-4-3-5-21(22)26-23-17-29-31-24(23)11-12-25(26)30-27/h7-12,17,20H,3-6,13-16H2,1-2H3,(H,29,31). The molecular formula is C28H31N5O. The minimum absolute atomic E-state index is 0.139. The van der Waals surface area contributed by atoms with E-state index >= 15 is 0 Å². The van der Waals surface area contributed by atoms with E-state index in [1.807, 2.05) is 23.2 Å². The number of aryl methyl sites for hydroxylation is 1. The van der Waals surface area contributed by atoms with Gasteiger partial charge in [-0.05, 0) is 88.0 Å². The molecule has 0 bridgehead atoms. The zero-order chi connectivity index (χ0) is 23.2. The van der Waals surface area contributed by atoms with E-state index in [-0.39, 0.29) is 5.91 Å². The number of nitrogens with one attached hydrogen (secondary N) is 1. The van der Waals surface area contributed by atoms with Crippen LogP contribution in [-0.4, -0.2) is 64.1 Å². The first-order valence-electron chi connectivity index (χ1n) is 12.4. The van der Waals surface area contributed by atoms with Gasteiger partial charge in [0, 0.05) is 41.0 Å². The van der Waals surface area contributed by atoms with E-state index in [4.69, 9.17) is 4.98 Å². The highest BCUT2D eigenvalue weighted by Crippen LogP contribution is 2.37. The van der Waals surface area contributed by atoms with Crippen LogP contribution in [0.4, 0.5) is 0 Å². The molecule has 0 atom stereocenters. The molecule has 2 aromatic carbocycles. The molecule has 34 heavy (non-hydrogen) atoms. The second-order valence-corrected chi connectivity index (χ2v) is 9.98. The molecule has 6 heteroatoms. The smallest absolute Gasteiger partial charge is 0.253 e. The third kappa shape index (κ3) is 3.57. The van der Waals surface area contributed by atoms with Crippen molar-refractivity contribution in [3.8, 4) is 11.3 Å². The van der Waals surface area contributed by atoms with Crippen molar-refractivity contribution in [2.24, 2.45) is 0 Å². The number of aromatic amines is 1. The van der Waals surface area contributed by atoms with Gasteiger partial charge >= 0.3 is 0 Å². The number of amides is 1. The molecule has 1 fully saturated rings. The molecule has 0 saturated carbocycles. The number of hydrogen-bond acceptors (Lipinski definition) is 4. The number of hydrogen-bond donors (Lipinski definition) is 1. The van der Waals surface area contributed by atoms with Crippen LogP contribution in [0.2, 0.25) is 0 Å². The van der Waals surface area contributed by atoms with E-state index in [1.54, 1.807) is 0 Å². The maximum absolute atomic E-state index is 13.1. The number of rotatable bonds is 3. The molecule has 2 aromatic heterocycles. The van der Waals surface area contributed by atoms with Crippen molar-refractivity contribution in [3.63, 3.8) is 0 Å². The lowest BCUT2D eigenvalue weighted by molar-refractivity contribution is 0.0663. The van der Waals surface area contributed by atoms with Crippen LogP contribution in [0.1, 0.15) is 47.2 Å². The van der Waals surface area contributed by atoms with Crippen molar-refractivity contribution in [2.45, 2.75) is 44.6 Å². The van der Waals surface area contributed by atoms with E-state index < -0.39 is 0 Å². The summed E-state index contributed by atoms with van der Waals surface area (Å²) in [7, 11) is 4.25. The fourth-order valence-corrected chi connectivity index (χ4v) is 5.82. The van der Waals surface area contributed by atoms with Crippen LogP contribution in [0.5, 0.6) is 0 Å². The second-order valence-electron chi connectivity index (χ2n) is 9.98. The molecule has 1 amide bonds. The lowest BCUT2D eigenvalue weighted by Crippen LogP contribution is -2.44. The van der Waals surface area contributed by atoms with Gasteiger partial charge in [-0.3, -0.25) is 9.89 Å². The number of benzene rings is 2. The number of piperidine rings is 1. The topological polar surface area (TPSA) is 65.1 Å². The van der Waals surface area contributed by atoms with Crippen LogP contribution >= 0.6 is 0 Å². The van der Waals surface area contributed by atoms with Crippen LogP contribution < -0.4 is 0 Å². The summed E-state index contributed by atoms with van der Waals surface area (Å²) < 4.78 is 0. The second kappa shape index (κ2) is 8.51. The van der Waals surface area contributed by atoms with E-state index in [0.717, 1.165) is 72.0 Å². The minimum atomic E-state index is 0.139. The lowest BCUT2D eigenvalue weighted by atomic mass is 9.85. The normalized spacial score (nSPS) is 17.0. The maximum Gasteiger partial charge on any atom is 0.253 e. The minimum Gasteiger partial charge on any atom is -0.339 e. The molecular weight excluding hydrogens is 422 g/mol. The first-order valence-corrected chi connectivity index (χ1v) is 12.4. The van der Waals surface area contributed by atoms with Gasteiger partial charge in [0.2, 0.25) is 0 Å². The Hall–Kier alpha value is -3.25. The Morgan fingerprint density at radius 1 is 1.00 bits per heavy atom. The first kappa shape index (κ1) is 21.3. The molecule has 3 heterocycles. The highest BCUT2D eigenvalue weighted by molar-refractivity contribution is 6.07. The van der Waals surface area contributed by atoms with Crippen LogP contribution in [0.3, 0.4) is 0 Å². The average molecular weight is 454 g/mol. The molecule has 1 aliphatic carbocycles. The number of carbonyl (C=O) groups is 1. The molecule has 174 valence electrons. The molecule has 6 rings (SSSR count). The van der Waals surface area contributed by atoms with Gasteiger partial charge in [0.05, 0.1) is 22.9 Å². The van der Waals surface area contributed by atoms with Gasteiger partial charge in [0.25, 0.3) is 5.91 Å². The molecule has 1 aliphatic heterocycles. The molecule has 2 aliphatic rings. The summed E-state index contributed by atoms with van der Waals surface area (Å²) in [6.07, 6.45) is 8.51. The molecule has 4 aromatic rings. The molecule has 1 N–H and O–H groups in total. The summed E-state index contributed by atoms with van der Waals surface area (Å²) in [4.78, 5) is 22.5. The Labute approximate surface area is 200 Å². The summed E-state index contributed by atoms with van der Waals surface area (Å²) in [5.41, 5.74) is 7.79. The number of carbonyl (C=O) groups excluding carboxylic acids is 1. The summed E-state index contributed by atoms with van der Waals surface area (Å²) in [6.45, 7) is 1.65.